The van der Waals surface area contributed by atoms with Gasteiger partial charge in [0.25, 0.3) is 11.1 Å². The standard InChI is InChI=1S/C24H21ClN6O3/c1-29-10-8-17(27-29)13-30-21(15-34-14-16-5-4-9-26-12-16)23-19(11-22(30)32)28-31(24(23)33)20-7-3-2-6-18(20)25/h2-12,28H,13-15H2,1H3. The van der Waals surface area contributed by atoms with Crippen LogP contribution in [-0.2, 0) is 31.5 Å². The number of pyridine rings is 2. The number of ether oxygens (including phenoxy) is 1. The van der Waals surface area contributed by atoms with Gasteiger partial charge in [-0.25, -0.2) is 4.68 Å². The molecule has 172 valence electrons. The van der Waals surface area contributed by atoms with E-state index < -0.39 is 0 Å². The summed E-state index contributed by atoms with van der Waals surface area (Å²) >= 11 is 6.33. The number of aromatic amines is 1. The number of hydrogen-bond acceptors (Lipinski definition) is 5. The maximum Gasteiger partial charge on any atom is 0.281 e. The molecule has 0 radical (unpaired) electrons. The van der Waals surface area contributed by atoms with Crippen molar-refractivity contribution in [3.05, 3.63) is 110 Å². The number of fused-ring (bicyclic) bond motifs is 1. The summed E-state index contributed by atoms with van der Waals surface area (Å²) in [6.45, 7) is 0.535. The van der Waals surface area contributed by atoms with Gasteiger partial charge in [0.1, 0.15) is 0 Å². The third-order valence-corrected chi connectivity index (χ3v) is 5.80. The Kier molecular flexibility index (Phi) is 5.87. The minimum Gasteiger partial charge on any atom is -0.370 e. The van der Waals surface area contributed by atoms with Gasteiger partial charge in [0.15, 0.2) is 0 Å². The highest BCUT2D eigenvalue weighted by atomic mass is 35.5. The Hall–Kier alpha value is -3.95. The van der Waals surface area contributed by atoms with E-state index in [1.54, 1.807) is 47.5 Å². The molecule has 10 heteroatoms. The molecule has 0 unspecified atom stereocenters. The van der Waals surface area contributed by atoms with E-state index in [0.717, 1.165) is 5.56 Å². The first-order valence-corrected chi connectivity index (χ1v) is 11.0. The van der Waals surface area contributed by atoms with Crippen LogP contribution in [0.2, 0.25) is 5.02 Å². The summed E-state index contributed by atoms with van der Waals surface area (Å²) in [6.07, 6.45) is 5.20. The SMILES string of the molecule is Cn1ccc(Cn2c(COCc3cccnc3)c3c(=O)n(-c4ccccc4Cl)[nH]c3cc2=O)n1. The monoisotopic (exact) mass is 476 g/mol. The van der Waals surface area contributed by atoms with Crippen LogP contribution in [-0.4, -0.2) is 29.1 Å². The number of halogens is 1. The van der Waals surface area contributed by atoms with E-state index in [1.807, 2.05) is 25.2 Å². The van der Waals surface area contributed by atoms with Crippen molar-refractivity contribution < 1.29 is 4.74 Å². The van der Waals surface area contributed by atoms with Crippen molar-refractivity contribution in [3.8, 4) is 5.69 Å². The van der Waals surface area contributed by atoms with Crippen LogP contribution >= 0.6 is 11.6 Å². The Balaban J connectivity index is 1.63. The first-order valence-electron chi connectivity index (χ1n) is 10.6. The molecule has 0 saturated heterocycles. The van der Waals surface area contributed by atoms with Crippen molar-refractivity contribution in [1.82, 2.24) is 29.1 Å². The zero-order valence-electron chi connectivity index (χ0n) is 18.3. The number of nitrogens with one attached hydrogen (secondary N) is 1. The Bertz CT molecular complexity index is 1580. The number of nitrogens with zero attached hydrogens (tertiary/aromatic N) is 5. The van der Waals surface area contributed by atoms with Gasteiger partial charge in [0.2, 0.25) is 0 Å². The molecular formula is C24H21ClN6O3. The lowest BCUT2D eigenvalue weighted by Crippen LogP contribution is -2.26. The average Bonchev–Trinajstić information content (AvgIpc) is 3.39. The summed E-state index contributed by atoms with van der Waals surface area (Å²) < 4.78 is 10.5. The Morgan fingerprint density at radius 2 is 1.94 bits per heavy atom. The van der Waals surface area contributed by atoms with Crippen molar-refractivity contribution in [3.63, 3.8) is 0 Å². The molecule has 5 aromatic rings. The second-order valence-corrected chi connectivity index (χ2v) is 8.25. The molecule has 0 atom stereocenters. The quantitative estimate of drug-likeness (QED) is 0.389. The van der Waals surface area contributed by atoms with Gasteiger partial charge in [0, 0.05) is 31.7 Å². The molecule has 0 aliphatic rings. The molecule has 4 heterocycles. The van der Waals surface area contributed by atoms with Crippen LogP contribution < -0.4 is 11.1 Å². The van der Waals surface area contributed by atoms with Crippen LogP contribution in [0.5, 0.6) is 0 Å². The molecule has 0 amide bonds. The highest BCUT2D eigenvalue weighted by molar-refractivity contribution is 6.32. The van der Waals surface area contributed by atoms with Crippen LogP contribution in [0, 0.1) is 0 Å². The molecule has 9 nitrogen and oxygen atoms in total. The minimum absolute atomic E-state index is 0.0456. The van der Waals surface area contributed by atoms with Crippen molar-refractivity contribution in [2.45, 2.75) is 19.8 Å². The second-order valence-electron chi connectivity index (χ2n) is 7.84. The lowest BCUT2D eigenvalue weighted by atomic mass is 10.2. The van der Waals surface area contributed by atoms with E-state index in [-0.39, 0.29) is 30.9 Å². The lowest BCUT2D eigenvalue weighted by molar-refractivity contribution is 0.102. The topological polar surface area (TPSA) is 99.7 Å². The summed E-state index contributed by atoms with van der Waals surface area (Å²) in [5.41, 5.74) is 2.35. The third-order valence-electron chi connectivity index (χ3n) is 5.48. The Labute approximate surface area is 198 Å². The van der Waals surface area contributed by atoms with Crippen LogP contribution in [0.3, 0.4) is 0 Å². The van der Waals surface area contributed by atoms with Gasteiger partial charge in [-0.15, -0.1) is 0 Å². The largest absolute Gasteiger partial charge is 0.370 e. The molecule has 0 aliphatic heterocycles. The summed E-state index contributed by atoms with van der Waals surface area (Å²) in [5.74, 6) is 0. The summed E-state index contributed by atoms with van der Waals surface area (Å²) in [7, 11) is 1.81. The smallest absolute Gasteiger partial charge is 0.281 e. The fraction of sp³-hybridized carbons (Fsp3) is 0.167. The normalized spacial score (nSPS) is 11.4. The Morgan fingerprint density at radius 3 is 2.68 bits per heavy atom. The van der Waals surface area contributed by atoms with Gasteiger partial charge < -0.3 is 9.30 Å². The maximum atomic E-state index is 13.5. The maximum absolute atomic E-state index is 13.5. The first-order chi connectivity index (χ1) is 16.5. The molecular weight excluding hydrogens is 456 g/mol. The first kappa shape index (κ1) is 21.9. The second kappa shape index (κ2) is 9.12. The predicted octanol–water partition coefficient (Wildman–Crippen LogP) is 3.03. The number of aryl methyl sites for hydroxylation is 1. The molecule has 0 aliphatic carbocycles. The highest BCUT2D eigenvalue weighted by Crippen LogP contribution is 2.21. The number of aromatic nitrogens is 6. The van der Waals surface area contributed by atoms with E-state index >= 15 is 0 Å². The predicted molar refractivity (Wildman–Crippen MR) is 128 cm³/mol. The van der Waals surface area contributed by atoms with Gasteiger partial charge in [-0.3, -0.25) is 24.4 Å². The molecule has 1 N–H and O–H groups in total. The third kappa shape index (κ3) is 4.18. The molecule has 34 heavy (non-hydrogen) atoms. The summed E-state index contributed by atoms with van der Waals surface area (Å²) in [4.78, 5) is 30.7. The van der Waals surface area contributed by atoms with E-state index in [4.69, 9.17) is 16.3 Å². The van der Waals surface area contributed by atoms with Crippen LogP contribution in [0.25, 0.3) is 16.6 Å². The Morgan fingerprint density at radius 1 is 1.09 bits per heavy atom. The van der Waals surface area contributed by atoms with E-state index in [2.05, 4.69) is 15.2 Å². The van der Waals surface area contributed by atoms with Crippen molar-refractivity contribution in [2.75, 3.05) is 0 Å². The van der Waals surface area contributed by atoms with Gasteiger partial charge in [-0.1, -0.05) is 29.8 Å². The molecule has 0 saturated carbocycles. The molecule has 0 bridgehead atoms. The number of rotatable bonds is 7. The lowest BCUT2D eigenvalue weighted by Gasteiger charge is -2.13. The van der Waals surface area contributed by atoms with E-state index in [0.29, 0.717) is 33.0 Å². The molecule has 1 aromatic carbocycles. The van der Waals surface area contributed by atoms with Crippen LogP contribution in [0.4, 0.5) is 0 Å². The fourth-order valence-corrected chi connectivity index (χ4v) is 4.11. The van der Waals surface area contributed by atoms with Gasteiger partial charge in [-0.05, 0) is 29.8 Å². The minimum atomic E-state index is -0.321. The van der Waals surface area contributed by atoms with Crippen LogP contribution in [0.15, 0.2) is 76.7 Å². The highest BCUT2D eigenvalue weighted by Gasteiger charge is 2.19. The zero-order valence-corrected chi connectivity index (χ0v) is 19.1. The van der Waals surface area contributed by atoms with Crippen LogP contribution in [0.1, 0.15) is 17.0 Å². The summed E-state index contributed by atoms with van der Waals surface area (Å²) in [5, 5.41) is 8.18. The number of para-hydroxylation sites is 1. The van der Waals surface area contributed by atoms with Crippen molar-refractivity contribution >= 4 is 22.5 Å². The molecule has 0 fully saturated rings. The average molecular weight is 477 g/mol. The molecule has 4 aromatic heterocycles. The van der Waals surface area contributed by atoms with Crippen molar-refractivity contribution in [1.29, 1.82) is 0 Å². The van der Waals surface area contributed by atoms with Gasteiger partial charge in [-0.2, -0.15) is 5.10 Å². The van der Waals surface area contributed by atoms with E-state index in [9.17, 15) is 9.59 Å². The molecule has 0 spiro atoms. The molecule has 5 rings (SSSR count). The van der Waals surface area contributed by atoms with Gasteiger partial charge >= 0.3 is 0 Å². The van der Waals surface area contributed by atoms with E-state index in [1.165, 1.54) is 15.3 Å². The summed E-state index contributed by atoms with van der Waals surface area (Å²) in [6, 6.07) is 14.0. The fourth-order valence-electron chi connectivity index (χ4n) is 3.89. The number of H-pyrrole nitrogens is 1. The number of hydrogen-bond donors (Lipinski definition) is 1. The zero-order chi connectivity index (χ0) is 23.7. The van der Waals surface area contributed by atoms with Crippen molar-refractivity contribution in [2.24, 2.45) is 7.05 Å². The van der Waals surface area contributed by atoms with Gasteiger partial charge in [0.05, 0.1) is 52.8 Å². The number of benzene rings is 1.